The molecule has 128 valence electrons. The second-order valence-corrected chi connectivity index (χ2v) is 6.89. The Morgan fingerprint density at radius 3 is 2.00 bits per heavy atom. The molecule has 1 heterocycles. The predicted octanol–water partition coefficient (Wildman–Crippen LogP) is 4.92. The SMILES string of the molecule is O=C1c2ccccc2C(=O)N1c1ccccc1SCc1ccc(F)cc1. The highest BCUT2D eigenvalue weighted by Crippen LogP contribution is 2.36. The van der Waals surface area contributed by atoms with E-state index in [4.69, 9.17) is 0 Å². The molecule has 1 aliphatic rings. The maximum atomic E-state index is 13.0. The van der Waals surface area contributed by atoms with Crippen molar-refractivity contribution in [2.45, 2.75) is 10.6 Å². The summed E-state index contributed by atoms with van der Waals surface area (Å²) in [4.78, 5) is 27.5. The summed E-state index contributed by atoms with van der Waals surface area (Å²) in [7, 11) is 0. The van der Waals surface area contributed by atoms with Gasteiger partial charge in [0.05, 0.1) is 16.8 Å². The Bertz CT molecular complexity index is 966. The van der Waals surface area contributed by atoms with Gasteiger partial charge in [0.25, 0.3) is 11.8 Å². The monoisotopic (exact) mass is 363 g/mol. The van der Waals surface area contributed by atoms with Crippen molar-refractivity contribution < 1.29 is 14.0 Å². The molecule has 3 nitrogen and oxygen atoms in total. The molecule has 1 aliphatic heterocycles. The molecule has 3 aromatic rings. The summed E-state index contributed by atoms with van der Waals surface area (Å²) in [6.45, 7) is 0. The van der Waals surface area contributed by atoms with Crippen molar-refractivity contribution in [2.24, 2.45) is 0 Å². The number of thioether (sulfide) groups is 1. The summed E-state index contributed by atoms with van der Waals surface area (Å²) in [5.41, 5.74) is 2.39. The number of amides is 2. The number of carbonyl (C=O) groups is 2. The number of carbonyl (C=O) groups excluding carboxylic acids is 2. The van der Waals surface area contributed by atoms with Gasteiger partial charge in [-0.3, -0.25) is 9.59 Å². The van der Waals surface area contributed by atoms with Gasteiger partial charge in [-0.15, -0.1) is 11.8 Å². The minimum Gasteiger partial charge on any atom is -0.268 e. The van der Waals surface area contributed by atoms with Gasteiger partial charge >= 0.3 is 0 Å². The van der Waals surface area contributed by atoms with E-state index >= 15 is 0 Å². The van der Waals surface area contributed by atoms with Crippen LogP contribution in [0.1, 0.15) is 26.3 Å². The number of hydrogen-bond acceptors (Lipinski definition) is 3. The van der Waals surface area contributed by atoms with Crippen LogP contribution in [-0.2, 0) is 5.75 Å². The van der Waals surface area contributed by atoms with Crippen LogP contribution in [0, 0.1) is 5.82 Å². The van der Waals surface area contributed by atoms with Crippen molar-refractivity contribution in [3.8, 4) is 0 Å². The van der Waals surface area contributed by atoms with E-state index in [2.05, 4.69) is 0 Å². The van der Waals surface area contributed by atoms with Crippen LogP contribution in [-0.4, -0.2) is 11.8 Å². The Balaban J connectivity index is 1.63. The van der Waals surface area contributed by atoms with Gasteiger partial charge in [0, 0.05) is 10.6 Å². The zero-order valence-electron chi connectivity index (χ0n) is 13.7. The van der Waals surface area contributed by atoms with Gasteiger partial charge in [0.2, 0.25) is 0 Å². The van der Waals surface area contributed by atoms with E-state index in [1.54, 1.807) is 48.5 Å². The third-order valence-electron chi connectivity index (χ3n) is 4.21. The van der Waals surface area contributed by atoms with E-state index in [0.717, 1.165) is 10.5 Å². The minimum absolute atomic E-state index is 0.273. The third-order valence-corrected chi connectivity index (χ3v) is 5.34. The lowest BCUT2D eigenvalue weighted by atomic mass is 10.1. The normalized spacial score (nSPS) is 13.2. The number of benzene rings is 3. The fourth-order valence-corrected chi connectivity index (χ4v) is 3.91. The van der Waals surface area contributed by atoms with Crippen LogP contribution >= 0.6 is 11.8 Å². The molecule has 3 aromatic carbocycles. The first-order valence-corrected chi connectivity index (χ1v) is 9.08. The number of fused-ring (bicyclic) bond motifs is 1. The Kier molecular flexibility index (Phi) is 4.31. The average Bonchev–Trinajstić information content (AvgIpc) is 2.93. The molecule has 0 unspecified atom stereocenters. The standard InChI is InChI=1S/C21H14FNO2S/c22-15-11-9-14(10-12-15)13-26-19-8-4-3-7-18(19)23-20(24)16-5-1-2-6-17(16)21(23)25/h1-12H,13H2. The lowest BCUT2D eigenvalue weighted by Gasteiger charge is -2.17. The molecule has 0 radical (unpaired) electrons. The summed E-state index contributed by atoms with van der Waals surface area (Å²) < 4.78 is 13.0. The zero-order chi connectivity index (χ0) is 18.1. The molecule has 0 saturated carbocycles. The number of nitrogens with zero attached hydrogens (tertiary/aromatic N) is 1. The number of hydrogen-bond donors (Lipinski definition) is 0. The molecule has 0 fully saturated rings. The van der Waals surface area contributed by atoms with Crippen LogP contribution in [0.2, 0.25) is 0 Å². The lowest BCUT2D eigenvalue weighted by molar-refractivity contribution is 0.0925. The molecule has 0 spiro atoms. The minimum atomic E-state index is -0.305. The Hall–Kier alpha value is -2.92. The van der Waals surface area contributed by atoms with Crippen molar-refractivity contribution in [3.05, 3.63) is 95.3 Å². The number of anilines is 1. The molecule has 26 heavy (non-hydrogen) atoms. The van der Waals surface area contributed by atoms with Crippen LogP contribution in [0.4, 0.5) is 10.1 Å². The molecule has 0 saturated heterocycles. The molecular formula is C21H14FNO2S. The predicted molar refractivity (Wildman–Crippen MR) is 100.0 cm³/mol. The van der Waals surface area contributed by atoms with E-state index in [1.165, 1.54) is 28.8 Å². The highest BCUT2D eigenvalue weighted by molar-refractivity contribution is 7.98. The molecule has 0 atom stereocenters. The molecule has 0 aliphatic carbocycles. The quantitative estimate of drug-likeness (QED) is 0.488. The molecule has 0 N–H and O–H groups in total. The van der Waals surface area contributed by atoms with E-state index in [0.29, 0.717) is 22.6 Å². The van der Waals surface area contributed by atoms with E-state index in [-0.39, 0.29) is 17.6 Å². The summed E-state index contributed by atoms with van der Waals surface area (Å²) in [6, 6.07) is 20.5. The molecular weight excluding hydrogens is 349 g/mol. The third kappa shape index (κ3) is 2.91. The highest BCUT2D eigenvalue weighted by Gasteiger charge is 2.37. The van der Waals surface area contributed by atoms with Crippen molar-refractivity contribution in [3.63, 3.8) is 0 Å². The molecule has 5 heteroatoms. The Morgan fingerprint density at radius 2 is 1.35 bits per heavy atom. The van der Waals surface area contributed by atoms with E-state index < -0.39 is 0 Å². The second kappa shape index (κ2) is 6.77. The van der Waals surface area contributed by atoms with Gasteiger partial charge < -0.3 is 0 Å². The van der Waals surface area contributed by atoms with Gasteiger partial charge in [-0.1, -0.05) is 36.4 Å². The Morgan fingerprint density at radius 1 is 0.769 bits per heavy atom. The second-order valence-electron chi connectivity index (χ2n) is 5.87. The van der Waals surface area contributed by atoms with Crippen LogP contribution in [0.25, 0.3) is 0 Å². The Labute approximate surface area is 154 Å². The molecule has 0 aromatic heterocycles. The molecule has 2 amide bonds. The van der Waals surface area contributed by atoms with Crippen LogP contribution < -0.4 is 4.90 Å². The van der Waals surface area contributed by atoms with Gasteiger partial charge in [-0.2, -0.15) is 0 Å². The van der Waals surface area contributed by atoms with Gasteiger partial charge in [0.1, 0.15) is 5.82 Å². The number of imide groups is 1. The van der Waals surface area contributed by atoms with Crippen LogP contribution in [0.5, 0.6) is 0 Å². The maximum absolute atomic E-state index is 13.0. The van der Waals surface area contributed by atoms with E-state index in [9.17, 15) is 14.0 Å². The fraction of sp³-hybridized carbons (Fsp3) is 0.0476. The summed E-state index contributed by atoms with van der Waals surface area (Å²) in [5.74, 6) is -0.272. The van der Waals surface area contributed by atoms with Crippen molar-refractivity contribution >= 4 is 29.3 Å². The largest absolute Gasteiger partial charge is 0.268 e. The maximum Gasteiger partial charge on any atom is 0.266 e. The first-order valence-electron chi connectivity index (χ1n) is 8.09. The zero-order valence-corrected chi connectivity index (χ0v) is 14.5. The lowest BCUT2D eigenvalue weighted by Crippen LogP contribution is -2.29. The van der Waals surface area contributed by atoms with Crippen LogP contribution in [0.15, 0.2) is 77.7 Å². The van der Waals surface area contributed by atoms with Crippen LogP contribution in [0.3, 0.4) is 0 Å². The number of halogens is 1. The van der Waals surface area contributed by atoms with Crippen molar-refractivity contribution in [1.82, 2.24) is 0 Å². The molecule has 0 bridgehead atoms. The smallest absolute Gasteiger partial charge is 0.266 e. The average molecular weight is 363 g/mol. The summed E-state index contributed by atoms with van der Waals surface area (Å²) in [6.07, 6.45) is 0. The van der Waals surface area contributed by atoms with Gasteiger partial charge in [-0.05, 0) is 42.0 Å². The molecule has 4 rings (SSSR count). The van der Waals surface area contributed by atoms with Crippen molar-refractivity contribution in [2.75, 3.05) is 4.90 Å². The summed E-state index contributed by atoms with van der Waals surface area (Å²) >= 11 is 1.51. The van der Waals surface area contributed by atoms with Gasteiger partial charge in [0.15, 0.2) is 0 Å². The topological polar surface area (TPSA) is 37.4 Å². The van der Waals surface area contributed by atoms with Crippen molar-refractivity contribution in [1.29, 1.82) is 0 Å². The van der Waals surface area contributed by atoms with Gasteiger partial charge in [-0.25, -0.2) is 9.29 Å². The first-order chi connectivity index (χ1) is 12.6. The summed E-state index contributed by atoms with van der Waals surface area (Å²) in [5, 5.41) is 0. The highest BCUT2D eigenvalue weighted by atomic mass is 32.2. The fourth-order valence-electron chi connectivity index (χ4n) is 2.91. The first kappa shape index (κ1) is 16.5. The number of rotatable bonds is 4. The van der Waals surface area contributed by atoms with E-state index in [1.807, 2.05) is 12.1 Å². The number of para-hydroxylation sites is 1.